The fourth-order valence-corrected chi connectivity index (χ4v) is 3.45. The van der Waals surface area contributed by atoms with Crippen LogP contribution in [0.5, 0.6) is 23.0 Å². The van der Waals surface area contributed by atoms with Crippen LogP contribution < -0.4 is 18.9 Å². The summed E-state index contributed by atoms with van der Waals surface area (Å²) in [5, 5.41) is 7.84. The maximum Gasteiger partial charge on any atom is 0.573 e. The first-order chi connectivity index (χ1) is 15.3. The van der Waals surface area contributed by atoms with E-state index in [0.717, 1.165) is 0 Å². The molecule has 32 heavy (non-hydrogen) atoms. The Kier molecular flexibility index (Phi) is 5.52. The first-order valence-corrected chi connectivity index (χ1v) is 9.34. The van der Waals surface area contributed by atoms with Gasteiger partial charge < -0.3 is 18.9 Å². The Morgan fingerprint density at radius 3 is 2.19 bits per heavy atom. The van der Waals surface area contributed by atoms with Crippen molar-refractivity contribution in [2.24, 2.45) is 0 Å². The topological polar surface area (TPSA) is 78.5 Å². The number of H-pyrrole nitrogens is 1. The SMILES string of the molecule is COc1cc(-c2nccc3[nH]nc(-c4cccc(OC(F)(F)F)c4)c23)cc(OC)c1OC. The highest BCUT2D eigenvalue weighted by Gasteiger charge is 2.31. The Balaban J connectivity index is 1.90. The number of pyridine rings is 1. The molecular formula is C22H18F3N3O4. The van der Waals surface area contributed by atoms with Crippen LogP contribution in [0.15, 0.2) is 48.7 Å². The van der Waals surface area contributed by atoms with Crippen LogP contribution in [0, 0.1) is 0 Å². The highest BCUT2D eigenvalue weighted by Crippen LogP contribution is 2.43. The normalized spacial score (nSPS) is 11.4. The molecule has 0 spiro atoms. The first-order valence-electron chi connectivity index (χ1n) is 9.34. The molecule has 4 aromatic rings. The maximum absolute atomic E-state index is 12.7. The number of benzene rings is 2. The van der Waals surface area contributed by atoms with Gasteiger partial charge in [-0.15, -0.1) is 13.2 Å². The van der Waals surface area contributed by atoms with E-state index in [1.807, 2.05) is 0 Å². The van der Waals surface area contributed by atoms with E-state index in [1.54, 1.807) is 30.5 Å². The Morgan fingerprint density at radius 1 is 0.844 bits per heavy atom. The summed E-state index contributed by atoms with van der Waals surface area (Å²) in [7, 11) is 4.51. The number of hydrogen-bond donors (Lipinski definition) is 1. The van der Waals surface area contributed by atoms with E-state index in [0.29, 0.717) is 50.7 Å². The van der Waals surface area contributed by atoms with Crippen LogP contribution in [0.25, 0.3) is 33.4 Å². The summed E-state index contributed by atoms with van der Waals surface area (Å²) in [6, 6.07) is 10.8. The van der Waals surface area contributed by atoms with Crippen molar-refractivity contribution < 1.29 is 32.1 Å². The molecule has 0 fully saturated rings. The van der Waals surface area contributed by atoms with Crippen LogP contribution in [0.3, 0.4) is 0 Å². The molecule has 0 saturated heterocycles. The predicted molar refractivity (Wildman–Crippen MR) is 111 cm³/mol. The van der Waals surface area contributed by atoms with Gasteiger partial charge in [-0.1, -0.05) is 12.1 Å². The van der Waals surface area contributed by atoms with E-state index in [-0.39, 0.29) is 5.75 Å². The number of methoxy groups -OCH3 is 3. The van der Waals surface area contributed by atoms with Gasteiger partial charge in [0.15, 0.2) is 11.5 Å². The van der Waals surface area contributed by atoms with Crippen LogP contribution in [-0.4, -0.2) is 42.9 Å². The minimum atomic E-state index is -4.80. The molecule has 0 amide bonds. The Labute approximate surface area is 180 Å². The van der Waals surface area contributed by atoms with Crippen LogP contribution in [-0.2, 0) is 0 Å². The summed E-state index contributed by atoms with van der Waals surface area (Å²) >= 11 is 0. The van der Waals surface area contributed by atoms with Gasteiger partial charge in [-0.05, 0) is 30.3 Å². The number of rotatable bonds is 6. The Bertz CT molecular complexity index is 1250. The quantitative estimate of drug-likeness (QED) is 0.439. The highest BCUT2D eigenvalue weighted by molar-refractivity contribution is 6.02. The van der Waals surface area contributed by atoms with E-state index in [2.05, 4.69) is 19.9 Å². The summed E-state index contributed by atoms with van der Waals surface area (Å²) in [4.78, 5) is 4.50. The Hall–Kier alpha value is -3.95. The van der Waals surface area contributed by atoms with Crippen molar-refractivity contribution >= 4 is 10.9 Å². The van der Waals surface area contributed by atoms with E-state index in [9.17, 15) is 13.2 Å². The third-order valence-corrected chi connectivity index (χ3v) is 4.76. The van der Waals surface area contributed by atoms with E-state index in [4.69, 9.17) is 14.2 Å². The molecule has 0 atom stereocenters. The van der Waals surface area contributed by atoms with E-state index < -0.39 is 6.36 Å². The zero-order valence-corrected chi connectivity index (χ0v) is 17.3. The predicted octanol–water partition coefficient (Wildman–Crippen LogP) is 5.22. The first kappa shape index (κ1) is 21.3. The van der Waals surface area contributed by atoms with Crippen molar-refractivity contribution in [1.82, 2.24) is 15.2 Å². The lowest BCUT2D eigenvalue weighted by Crippen LogP contribution is -2.17. The number of fused-ring (bicyclic) bond motifs is 1. The van der Waals surface area contributed by atoms with Crippen molar-refractivity contribution in [2.75, 3.05) is 21.3 Å². The molecule has 0 unspecified atom stereocenters. The smallest absolute Gasteiger partial charge is 0.493 e. The minimum Gasteiger partial charge on any atom is -0.493 e. The second-order valence-electron chi connectivity index (χ2n) is 6.64. The van der Waals surface area contributed by atoms with Gasteiger partial charge in [0.05, 0.1) is 37.9 Å². The average molecular weight is 445 g/mol. The van der Waals surface area contributed by atoms with Gasteiger partial charge in [0.25, 0.3) is 0 Å². The van der Waals surface area contributed by atoms with Crippen molar-refractivity contribution in [3.05, 3.63) is 48.7 Å². The molecule has 10 heteroatoms. The average Bonchev–Trinajstić information content (AvgIpc) is 3.21. The third kappa shape index (κ3) is 3.98. The van der Waals surface area contributed by atoms with Crippen molar-refractivity contribution in [3.63, 3.8) is 0 Å². The summed E-state index contributed by atoms with van der Waals surface area (Å²) < 4.78 is 58.3. The van der Waals surface area contributed by atoms with E-state index in [1.165, 1.54) is 39.5 Å². The van der Waals surface area contributed by atoms with Gasteiger partial charge in [0, 0.05) is 17.3 Å². The van der Waals surface area contributed by atoms with Crippen LogP contribution in [0.1, 0.15) is 0 Å². The summed E-state index contributed by atoms with van der Waals surface area (Å²) in [6.07, 6.45) is -3.19. The zero-order valence-electron chi connectivity index (χ0n) is 17.3. The number of halogens is 3. The van der Waals surface area contributed by atoms with Crippen LogP contribution in [0.4, 0.5) is 13.2 Å². The van der Waals surface area contributed by atoms with Crippen LogP contribution in [0.2, 0.25) is 0 Å². The number of alkyl halides is 3. The minimum absolute atomic E-state index is 0.343. The second-order valence-corrected chi connectivity index (χ2v) is 6.64. The molecule has 0 radical (unpaired) electrons. The summed E-state index contributed by atoms with van der Waals surface area (Å²) in [5.41, 5.74) is 2.69. The monoisotopic (exact) mass is 445 g/mol. The third-order valence-electron chi connectivity index (χ3n) is 4.76. The molecule has 0 saturated carbocycles. The number of nitrogens with zero attached hydrogens (tertiary/aromatic N) is 2. The molecule has 7 nitrogen and oxygen atoms in total. The number of hydrogen-bond acceptors (Lipinski definition) is 6. The van der Waals surface area contributed by atoms with Gasteiger partial charge in [-0.2, -0.15) is 5.10 Å². The molecule has 2 aromatic heterocycles. The molecule has 166 valence electrons. The van der Waals surface area contributed by atoms with Gasteiger partial charge in [0.1, 0.15) is 11.4 Å². The number of aromatic nitrogens is 3. The van der Waals surface area contributed by atoms with Crippen molar-refractivity contribution in [2.45, 2.75) is 6.36 Å². The van der Waals surface area contributed by atoms with Gasteiger partial charge >= 0.3 is 6.36 Å². The molecule has 1 N–H and O–H groups in total. The fraction of sp³-hybridized carbons (Fsp3) is 0.182. The standard InChI is InChI=1S/C22H18F3N3O4/c1-29-16-10-13(11-17(30-2)21(16)31-3)19-18-15(7-8-26-19)27-28-20(18)12-5-4-6-14(9-12)32-22(23,24)25/h4-11H,1-3H3,(H,27,28). The van der Waals surface area contributed by atoms with Gasteiger partial charge in [-0.3, -0.25) is 10.1 Å². The molecule has 4 rings (SSSR count). The van der Waals surface area contributed by atoms with Crippen molar-refractivity contribution in [1.29, 1.82) is 0 Å². The molecular weight excluding hydrogens is 427 g/mol. The lowest BCUT2D eigenvalue weighted by Gasteiger charge is -2.14. The second kappa shape index (κ2) is 8.29. The van der Waals surface area contributed by atoms with E-state index >= 15 is 0 Å². The molecule has 2 aromatic carbocycles. The number of ether oxygens (including phenoxy) is 4. The lowest BCUT2D eigenvalue weighted by molar-refractivity contribution is -0.274. The molecule has 0 bridgehead atoms. The van der Waals surface area contributed by atoms with Gasteiger partial charge in [0.2, 0.25) is 5.75 Å². The molecule has 2 heterocycles. The number of aromatic amines is 1. The van der Waals surface area contributed by atoms with Crippen molar-refractivity contribution in [3.8, 4) is 45.5 Å². The number of nitrogens with one attached hydrogen (secondary N) is 1. The lowest BCUT2D eigenvalue weighted by atomic mass is 10.0. The largest absolute Gasteiger partial charge is 0.573 e. The summed E-state index contributed by atoms with van der Waals surface area (Å²) in [6.45, 7) is 0. The Morgan fingerprint density at radius 2 is 1.56 bits per heavy atom. The summed E-state index contributed by atoms with van der Waals surface area (Å²) in [5.74, 6) is 0.956. The molecule has 0 aliphatic heterocycles. The molecule has 0 aliphatic carbocycles. The van der Waals surface area contributed by atoms with Crippen LogP contribution >= 0.6 is 0 Å². The highest BCUT2D eigenvalue weighted by atomic mass is 19.4. The molecule has 0 aliphatic rings. The maximum atomic E-state index is 12.7. The fourth-order valence-electron chi connectivity index (χ4n) is 3.45. The zero-order chi connectivity index (χ0) is 22.9. The van der Waals surface area contributed by atoms with Gasteiger partial charge in [-0.25, -0.2) is 0 Å².